The van der Waals surface area contributed by atoms with Crippen LogP contribution in [0, 0.1) is 0 Å². The highest BCUT2D eigenvalue weighted by molar-refractivity contribution is 5.68. The summed E-state index contributed by atoms with van der Waals surface area (Å²) in [6.45, 7) is 9.62. The van der Waals surface area contributed by atoms with E-state index in [0.717, 1.165) is 20.8 Å². The molecular weight excluding hydrogens is 388 g/mol. The second-order valence-electron chi connectivity index (χ2n) is 6.27. The van der Waals surface area contributed by atoms with Crippen LogP contribution in [0.5, 0.6) is 0 Å². The SMILES string of the molecule is C=C/C(C)=C/O[C@H]1O[C@H](COC(C)=O)[C@@H](OC(C)=O)[C@H](OC(C)=O)[C@H]1OC(C)=O. The highest BCUT2D eigenvalue weighted by atomic mass is 16.7. The molecule has 1 fully saturated rings. The fraction of sp³-hybridized carbons (Fsp3) is 0.579. The van der Waals surface area contributed by atoms with Crippen LogP contribution in [0.1, 0.15) is 34.6 Å². The van der Waals surface area contributed by atoms with Crippen molar-refractivity contribution in [1.82, 2.24) is 0 Å². The molecular formula is C19H26O10. The van der Waals surface area contributed by atoms with Crippen LogP contribution < -0.4 is 0 Å². The maximum atomic E-state index is 11.7. The van der Waals surface area contributed by atoms with Gasteiger partial charge in [-0.2, -0.15) is 0 Å². The molecule has 0 radical (unpaired) electrons. The van der Waals surface area contributed by atoms with Crippen molar-refractivity contribution < 1.29 is 47.6 Å². The average Bonchev–Trinajstić information content (AvgIpc) is 2.60. The minimum Gasteiger partial charge on any atom is -0.468 e. The van der Waals surface area contributed by atoms with E-state index in [4.69, 9.17) is 28.4 Å². The fourth-order valence-corrected chi connectivity index (χ4v) is 2.52. The Morgan fingerprint density at radius 2 is 1.34 bits per heavy atom. The molecule has 0 aromatic rings. The van der Waals surface area contributed by atoms with Crippen LogP contribution in [0.2, 0.25) is 0 Å². The van der Waals surface area contributed by atoms with Crippen LogP contribution in [0.25, 0.3) is 0 Å². The van der Waals surface area contributed by atoms with Crippen molar-refractivity contribution in [2.45, 2.75) is 65.3 Å². The van der Waals surface area contributed by atoms with Gasteiger partial charge < -0.3 is 28.4 Å². The molecule has 0 unspecified atom stereocenters. The van der Waals surface area contributed by atoms with Crippen molar-refractivity contribution in [1.29, 1.82) is 0 Å². The molecule has 0 bridgehead atoms. The summed E-state index contributed by atoms with van der Waals surface area (Å²) >= 11 is 0. The number of esters is 4. The molecule has 0 aliphatic carbocycles. The maximum absolute atomic E-state index is 11.7. The van der Waals surface area contributed by atoms with Crippen LogP contribution in [0.15, 0.2) is 24.5 Å². The Morgan fingerprint density at radius 1 is 0.828 bits per heavy atom. The first-order chi connectivity index (χ1) is 13.5. The smallest absolute Gasteiger partial charge is 0.303 e. The van der Waals surface area contributed by atoms with Crippen LogP contribution in [0.4, 0.5) is 0 Å². The van der Waals surface area contributed by atoms with Crippen molar-refractivity contribution in [2.24, 2.45) is 0 Å². The quantitative estimate of drug-likeness (QED) is 0.247. The number of carbonyl (C=O) groups is 4. The molecule has 5 atom stereocenters. The van der Waals surface area contributed by atoms with Crippen LogP contribution in [-0.4, -0.2) is 61.2 Å². The second-order valence-corrected chi connectivity index (χ2v) is 6.27. The lowest BCUT2D eigenvalue weighted by Crippen LogP contribution is -2.62. The summed E-state index contributed by atoms with van der Waals surface area (Å²) in [5.74, 6) is -2.71. The van der Waals surface area contributed by atoms with Crippen molar-refractivity contribution >= 4 is 23.9 Å². The van der Waals surface area contributed by atoms with Crippen LogP contribution in [-0.2, 0) is 47.6 Å². The summed E-state index contributed by atoms with van der Waals surface area (Å²) in [7, 11) is 0. The lowest BCUT2D eigenvalue weighted by Gasteiger charge is -2.43. The fourth-order valence-electron chi connectivity index (χ4n) is 2.52. The number of carbonyl (C=O) groups excluding carboxylic acids is 4. The number of hydrogen-bond acceptors (Lipinski definition) is 10. The standard InChI is InChI=1S/C19H26O10/c1-7-10(2)8-25-19-18(28-14(6)23)17(27-13(5)22)16(26-12(4)21)15(29-19)9-24-11(3)20/h7-8,15-19H,1,9H2,2-6H3/b10-8+/t15-,16-,17+,18-,19+/m1/s1. The minimum absolute atomic E-state index is 0.318. The summed E-state index contributed by atoms with van der Waals surface area (Å²) in [5, 5.41) is 0. The van der Waals surface area contributed by atoms with E-state index in [0.29, 0.717) is 5.57 Å². The molecule has 10 nitrogen and oxygen atoms in total. The van der Waals surface area contributed by atoms with Gasteiger partial charge in [0.15, 0.2) is 12.2 Å². The zero-order valence-corrected chi connectivity index (χ0v) is 17.0. The van der Waals surface area contributed by atoms with Gasteiger partial charge in [-0.3, -0.25) is 19.2 Å². The molecule has 0 aromatic carbocycles. The number of rotatable bonds is 8. The Balaban J connectivity index is 3.33. The summed E-state index contributed by atoms with van der Waals surface area (Å²) in [5.41, 5.74) is 0.637. The van der Waals surface area contributed by atoms with Gasteiger partial charge in [-0.1, -0.05) is 12.7 Å². The van der Waals surface area contributed by atoms with Gasteiger partial charge in [-0.15, -0.1) is 0 Å². The summed E-state index contributed by atoms with van der Waals surface area (Å²) in [6, 6.07) is 0. The third-order valence-electron chi connectivity index (χ3n) is 3.66. The third-order valence-corrected chi connectivity index (χ3v) is 3.66. The predicted octanol–water partition coefficient (Wildman–Crippen LogP) is 1.18. The Labute approximate surface area is 168 Å². The predicted molar refractivity (Wildman–Crippen MR) is 97.0 cm³/mol. The van der Waals surface area contributed by atoms with Crippen molar-refractivity contribution in [3.8, 4) is 0 Å². The van der Waals surface area contributed by atoms with Gasteiger partial charge in [0.2, 0.25) is 12.4 Å². The van der Waals surface area contributed by atoms with Crippen molar-refractivity contribution in [3.05, 3.63) is 24.5 Å². The van der Waals surface area contributed by atoms with Gasteiger partial charge in [0, 0.05) is 27.7 Å². The van der Waals surface area contributed by atoms with Gasteiger partial charge in [-0.25, -0.2) is 0 Å². The first kappa shape index (κ1) is 24.2. The van der Waals surface area contributed by atoms with Gasteiger partial charge in [0.25, 0.3) is 0 Å². The molecule has 0 amide bonds. The highest BCUT2D eigenvalue weighted by Crippen LogP contribution is 2.30. The van der Waals surface area contributed by atoms with E-state index in [1.165, 1.54) is 19.3 Å². The van der Waals surface area contributed by atoms with Gasteiger partial charge in [0.05, 0.1) is 6.26 Å². The van der Waals surface area contributed by atoms with E-state index < -0.39 is 54.6 Å². The van der Waals surface area contributed by atoms with E-state index in [1.807, 2.05) is 0 Å². The van der Waals surface area contributed by atoms with E-state index in [1.54, 1.807) is 6.92 Å². The minimum atomic E-state index is -1.27. The first-order valence-electron chi connectivity index (χ1n) is 8.80. The average molecular weight is 414 g/mol. The lowest BCUT2D eigenvalue weighted by molar-refractivity contribution is -0.297. The van der Waals surface area contributed by atoms with Crippen LogP contribution >= 0.6 is 0 Å². The molecule has 29 heavy (non-hydrogen) atoms. The number of hydrogen-bond donors (Lipinski definition) is 0. The van der Waals surface area contributed by atoms with E-state index >= 15 is 0 Å². The molecule has 0 spiro atoms. The molecule has 0 aromatic heterocycles. The zero-order valence-electron chi connectivity index (χ0n) is 17.0. The highest BCUT2D eigenvalue weighted by Gasteiger charge is 2.53. The molecule has 0 saturated carbocycles. The molecule has 1 aliphatic rings. The Hall–Kier alpha value is -2.88. The molecule has 0 N–H and O–H groups in total. The Morgan fingerprint density at radius 3 is 1.83 bits per heavy atom. The zero-order chi connectivity index (χ0) is 22.1. The van der Waals surface area contributed by atoms with Crippen molar-refractivity contribution in [2.75, 3.05) is 6.61 Å². The normalized spacial score (nSPS) is 26.7. The Kier molecular flexibility index (Phi) is 9.33. The van der Waals surface area contributed by atoms with Gasteiger partial charge in [0.1, 0.15) is 12.7 Å². The molecule has 162 valence electrons. The molecule has 10 heteroatoms. The monoisotopic (exact) mass is 414 g/mol. The largest absolute Gasteiger partial charge is 0.468 e. The van der Waals surface area contributed by atoms with Gasteiger partial charge in [-0.05, 0) is 12.5 Å². The topological polar surface area (TPSA) is 124 Å². The number of ether oxygens (including phenoxy) is 6. The molecule has 1 aliphatic heterocycles. The maximum Gasteiger partial charge on any atom is 0.303 e. The summed E-state index contributed by atoms with van der Waals surface area (Å²) < 4.78 is 32.0. The third kappa shape index (κ3) is 7.94. The second kappa shape index (κ2) is 11.2. The lowest BCUT2D eigenvalue weighted by atomic mass is 9.98. The van der Waals surface area contributed by atoms with Gasteiger partial charge >= 0.3 is 23.9 Å². The van der Waals surface area contributed by atoms with E-state index in [2.05, 4.69) is 6.58 Å². The first-order valence-corrected chi connectivity index (χ1v) is 8.80. The number of allylic oxidation sites excluding steroid dienone is 2. The summed E-state index contributed by atoms with van der Waals surface area (Å²) in [6.07, 6.45) is -3.21. The summed E-state index contributed by atoms with van der Waals surface area (Å²) in [4.78, 5) is 46.1. The molecule has 1 heterocycles. The Bertz CT molecular complexity index is 668. The molecule has 1 rings (SSSR count). The van der Waals surface area contributed by atoms with E-state index in [-0.39, 0.29) is 6.61 Å². The van der Waals surface area contributed by atoms with Crippen molar-refractivity contribution in [3.63, 3.8) is 0 Å². The van der Waals surface area contributed by atoms with Crippen LogP contribution in [0.3, 0.4) is 0 Å². The van der Waals surface area contributed by atoms with E-state index in [9.17, 15) is 19.2 Å². The molecule has 1 saturated heterocycles.